The molecule has 0 saturated carbocycles. The molecule has 0 atom stereocenters. The van der Waals surface area contributed by atoms with Crippen molar-refractivity contribution in [2.75, 3.05) is 25.6 Å². The summed E-state index contributed by atoms with van der Waals surface area (Å²) in [7, 11) is 0. The molecule has 1 aromatic carbocycles. The number of benzene rings is 1. The molecule has 2 amide bonds. The summed E-state index contributed by atoms with van der Waals surface area (Å²) in [6.45, 7) is 1.94. The number of nitrogens with zero attached hydrogens (tertiary/aromatic N) is 1. The molecule has 1 saturated heterocycles. The molecule has 1 fully saturated rings. The molecular weight excluding hydrogens is 328 g/mol. The van der Waals surface area contributed by atoms with E-state index in [2.05, 4.69) is 5.32 Å². The van der Waals surface area contributed by atoms with Crippen LogP contribution < -0.4 is 10.1 Å². The molecule has 0 aliphatic carbocycles. The lowest BCUT2D eigenvalue weighted by Gasteiger charge is -2.32. The third kappa shape index (κ3) is 6.40. The Labute approximate surface area is 148 Å². The molecule has 6 heteroatoms. The predicted molar refractivity (Wildman–Crippen MR) is 94.3 cm³/mol. The van der Waals surface area contributed by atoms with Gasteiger partial charge in [-0.25, -0.2) is 0 Å². The highest BCUT2D eigenvalue weighted by molar-refractivity contribution is 6.18. The average molecular weight is 353 g/mol. The number of amides is 2. The van der Waals surface area contributed by atoms with Crippen LogP contribution >= 0.6 is 11.6 Å². The fourth-order valence-corrected chi connectivity index (χ4v) is 2.92. The zero-order chi connectivity index (χ0) is 17.2. The van der Waals surface area contributed by atoms with Gasteiger partial charge in [0.05, 0.1) is 6.61 Å². The molecule has 0 bridgehead atoms. The highest BCUT2D eigenvalue weighted by Gasteiger charge is 2.23. The van der Waals surface area contributed by atoms with Crippen molar-refractivity contribution in [1.82, 2.24) is 10.2 Å². The first-order chi connectivity index (χ1) is 11.7. The Morgan fingerprint density at radius 2 is 1.88 bits per heavy atom. The van der Waals surface area contributed by atoms with E-state index in [1.807, 2.05) is 35.2 Å². The lowest BCUT2D eigenvalue weighted by Crippen LogP contribution is -2.46. The van der Waals surface area contributed by atoms with Crippen LogP contribution in [0.15, 0.2) is 30.3 Å². The number of piperidine rings is 1. The van der Waals surface area contributed by atoms with E-state index in [4.69, 9.17) is 16.3 Å². The number of alkyl halides is 1. The highest BCUT2D eigenvalue weighted by atomic mass is 35.5. The third-order valence-electron chi connectivity index (χ3n) is 4.08. The number of rotatable bonds is 8. The number of ether oxygens (including phenoxy) is 1. The van der Waals surface area contributed by atoms with E-state index in [1.54, 1.807) is 0 Å². The molecule has 2 rings (SSSR count). The lowest BCUT2D eigenvalue weighted by molar-refractivity contribution is -0.132. The standard InChI is InChI=1S/C18H25ClN2O3/c19-11-8-17(22)20-15-9-12-21(13-10-15)18(23)7-4-14-24-16-5-2-1-3-6-16/h1-3,5-6,15H,4,7-14H2,(H,20,22). The minimum atomic E-state index is -0.00663. The van der Waals surface area contributed by atoms with Gasteiger partial charge in [0.2, 0.25) is 11.8 Å². The van der Waals surface area contributed by atoms with Crippen LogP contribution in [0.25, 0.3) is 0 Å². The van der Waals surface area contributed by atoms with Gasteiger partial charge in [0.1, 0.15) is 5.75 Å². The third-order valence-corrected chi connectivity index (χ3v) is 4.27. The maximum Gasteiger partial charge on any atom is 0.222 e. The minimum Gasteiger partial charge on any atom is -0.494 e. The van der Waals surface area contributed by atoms with Crippen LogP contribution in [-0.2, 0) is 9.59 Å². The van der Waals surface area contributed by atoms with Gasteiger partial charge < -0.3 is 15.0 Å². The summed E-state index contributed by atoms with van der Waals surface area (Å²) in [4.78, 5) is 25.6. The Bertz CT molecular complexity index is 516. The number of halogens is 1. The highest BCUT2D eigenvalue weighted by Crippen LogP contribution is 2.13. The van der Waals surface area contributed by atoms with E-state index in [0.29, 0.717) is 44.8 Å². The molecule has 1 N–H and O–H groups in total. The second-order valence-corrected chi connectivity index (χ2v) is 6.30. The first-order valence-electron chi connectivity index (χ1n) is 8.50. The van der Waals surface area contributed by atoms with Crippen LogP contribution in [0.3, 0.4) is 0 Å². The van der Waals surface area contributed by atoms with Crippen molar-refractivity contribution < 1.29 is 14.3 Å². The summed E-state index contributed by atoms with van der Waals surface area (Å²) in [6, 6.07) is 9.77. The van der Waals surface area contributed by atoms with Gasteiger partial charge >= 0.3 is 0 Å². The fraction of sp³-hybridized carbons (Fsp3) is 0.556. The van der Waals surface area contributed by atoms with Crippen molar-refractivity contribution in [2.45, 2.75) is 38.1 Å². The number of carbonyl (C=O) groups excluding carboxylic acids is 2. The number of carbonyl (C=O) groups is 2. The monoisotopic (exact) mass is 352 g/mol. The summed E-state index contributed by atoms with van der Waals surface area (Å²) in [5.41, 5.74) is 0. The Morgan fingerprint density at radius 3 is 2.54 bits per heavy atom. The summed E-state index contributed by atoms with van der Waals surface area (Å²) >= 11 is 5.55. The summed E-state index contributed by atoms with van der Waals surface area (Å²) < 4.78 is 5.60. The van der Waals surface area contributed by atoms with Gasteiger partial charge in [-0.1, -0.05) is 18.2 Å². The largest absolute Gasteiger partial charge is 0.494 e. The van der Waals surface area contributed by atoms with Gasteiger partial charge in [-0.2, -0.15) is 0 Å². The molecule has 1 heterocycles. The summed E-state index contributed by atoms with van der Waals surface area (Å²) in [5.74, 6) is 1.33. The zero-order valence-electron chi connectivity index (χ0n) is 13.9. The molecule has 1 aliphatic rings. The fourth-order valence-electron chi connectivity index (χ4n) is 2.75. The molecule has 5 nitrogen and oxygen atoms in total. The summed E-state index contributed by atoms with van der Waals surface area (Å²) in [5, 5.41) is 2.97. The number of nitrogens with one attached hydrogen (secondary N) is 1. The number of hydrogen-bond donors (Lipinski definition) is 1. The van der Waals surface area contributed by atoms with E-state index in [9.17, 15) is 9.59 Å². The maximum absolute atomic E-state index is 12.2. The topological polar surface area (TPSA) is 58.6 Å². The first kappa shape index (κ1) is 18.6. The van der Waals surface area contributed by atoms with Gasteiger partial charge in [0.15, 0.2) is 0 Å². The van der Waals surface area contributed by atoms with E-state index in [-0.39, 0.29) is 17.9 Å². The molecule has 1 aromatic rings. The van der Waals surface area contributed by atoms with Crippen LogP contribution in [-0.4, -0.2) is 48.3 Å². The zero-order valence-corrected chi connectivity index (χ0v) is 14.6. The lowest BCUT2D eigenvalue weighted by atomic mass is 10.0. The predicted octanol–water partition coefficient (Wildman–Crippen LogP) is 2.58. The quantitative estimate of drug-likeness (QED) is 0.578. The van der Waals surface area contributed by atoms with Crippen molar-refractivity contribution in [2.24, 2.45) is 0 Å². The van der Waals surface area contributed by atoms with Gasteiger partial charge in [-0.15, -0.1) is 11.6 Å². The molecule has 0 spiro atoms. The molecule has 24 heavy (non-hydrogen) atoms. The number of para-hydroxylation sites is 1. The van der Waals surface area contributed by atoms with Crippen LogP contribution in [0.4, 0.5) is 0 Å². The van der Waals surface area contributed by atoms with Crippen molar-refractivity contribution in [3.05, 3.63) is 30.3 Å². The molecule has 1 aliphatic heterocycles. The average Bonchev–Trinajstić information content (AvgIpc) is 2.60. The molecule has 0 aromatic heterocycles. The summed E-state index contributed by atoms with van der Waals surface area (Å²) in [6.07, 6.45) is 3.17. The minimum absolute atomic E-state index is 0.00663. The van der Waals surface area contributed by atoms with Crippen molar-refractivity contribution in [1.29, 1.82) is 0 Å². The van der Waals surface area contributed by atoms with E-state index >= 15 is 0 Å². The van der Waals surface area contributed by atoms with Crippen molar-refractivity contribution in [3.63, 3.8) is 0 Å². The number of likely N-dealkylation sites (tertiary alicyclic amines) is 1. The molecule has 132 valence electrons. The second-order valence-electron chi connectivity index (χ2n) is 5.93. The number of hydrogen-bond acceptors (Lipinski definition) is 3. The molecule has 0 unspecified atom stereocenters. The Balaban J connectivity index is 1.59. The normalized spacial score (nSPS) is 15.1. The Kier molecular flexibility index (Phi) is 7.89. The SMILES string of the molecule is O=C(CCCl)NC1CCN(C(=O)CCCOc2ccccc2)CC1. The first-order valence-corrected chi connectivity index (χ1v) is 9.03. The van der Waals surface area contributed by atoms with Crippen LogP contribution in [0.1, 0.15) is 32.1 Å². The molecule has 0 radical (unpaired) electrons. The van der Waals surface area contributed by atoms with Gasteiger partial charge in [-0.05, 0) is 31.4 Å². The molecular formula is C18H25ClN2O3. The van der Waals surface area contributed by atoms with Crippen molar-refractivity contribution >= 4 is 23.4 Å². The second kappa shape index (κ2) is 10.2. The van der Waals surface area contributed by atoms with Crippen LogP contribution in [0.2, 0.25) is 0 Å². The Morgan fingerprint density at radius 1 is 1.17 bits per heavy atom. The van der Waals surface area contributed by atoms with Gasteiger partial charge in [0.25, 0.3) is 0 Å². The smallest absolute Gasteiger partial charge is 0.222 e. The van der Waals surface area contributed by atoms with E-state index in [1.165, 1.54) is 0 Å². The van der Waals surface area contributed by atoms with Crippen molar-refractivity contribution in [3.8, 4) is 5.75 Å². The van der Waals surface area contributed by atoms with E-state index in [0.717, 1.165) is 18.6 Å². The Hall–Kier alpha value is -1.75. The maximum atomic E-state index is 12.2. The van der Waals surface area contributed by atoms with Gasteiger partial charge in [0, 0.05) is 37.9 Å². The van der Waals surface area contributed by atoms with Crippen LogP contribution in [0, 0.1) is 0 Å². The van der Waals surface area contributed by atoms with E-state index < -0.39 is 0 Å². The van der Waals surface area contributed by atoms with Gasteiger partial charge in [-0.3, -0.25) is 9.59 Å². The van der Waals surface area contributed by atoms with Crippen LogP contribution in [0.5, 0.6) is 5.75 Å².